The summed E-state index contributed by atoms with van der Waals surface area (Å²) in [5, 5.41) is 6.00. The average molecular weight is 242 g/mol. The summed E-state index contributed by atoms with van der Waals surface area (Å²) in [5.74, 6) is 0.828. The molecular formula is C13H10N2OS. The van der Waals surface area contributed by atoms with Crippen molar-refractivity contribution in [3.8, 4) is 21.8 Å². The highest BCUT2D eigenvalue weighted by molar-refractivity contribution is 7.13. The molecule has 0 amide bonds. The monoisotopic (exact) mass is 242 g/mol. The number of nitrogens with zero attached hydrogens (tertiary/aromatic N) is 2. The molecule has 0 bridgehead atoms. The fourth-order valence-corrected chi connectivity index (χ4v) is 2.59. The SMILES string of the molecule is Cc1csc(-c2oncc2-c2ccncc2)c1. The molecule has 0 aromatic carbocycles. The van der Waals surface area contributed by atoms with Crippen molar-refractivity contribution in [2.45, 2.75) is 6.92 Å². The molecule has 0 aliphatic rings. The summed E-state index contributed by atoms with van der Waals surface area (Å²) in [6.45, 7) is 2.07. The Hall–Kier alpha value is -1.94. The Labute approximate surface area is 103 Å². The summed E-state index contributed by atoms with van der Waals surface area (Å²) in [6.07, 6.45) is 5.29. The third kappa shape index (κ3) is 1.87. The Morgan fingerprint density at radius 1 is 1.24 bits per heavy atom. The lowest BCUT2D eigenvalue weighted by molar-refractivity contribution is 0.433. The van der Waals surface area contributed by atoms with Gasteiger partial charge < -0.3 is 4.52 Å². The number of thiophene rings is 1. The summed E-state index contributed by atoms with van der Waals surface area (Å²) in [6, 6.07) is 6.02. The molecule has 0 N–H and O–H groups in total. The van der Waals surface area contributed by atoms with Crippen molar-refractivity contribution < 1.29 is 4.52 Å². The molecule has 84 valence electrons. The molecule has 3 heterocycles. The largest absolute Gasteiger partial charge is 0.355 e. The molecule has 0 saturated heterocycles. The van der Waals surface area contributed by atoms with Gasteiger partial charge in [0, 0.05) is 12.4 Å². The highest BCUT2D eigenvalue weighted by atomic mass is 32.1. The summed E-state index contributed by atoms with van der Waals surface area (Å²) in [5.41, 5.74) is 3.32. The highest BCUT2D eigenvalue weighted by Gasteiger charge is 2.13. The molecule has 0 aliphatic carbocycles. The Kier molecular flexibility index (Phi) is 2.49. The van der Waals surface area contributed by atoms with Gasteiger partial charge in [0.2, 0.25) is 0 Å². The van der Waals surface area contributed by atoms with E-state index >= 15 is 0 Å². The van der Waals surface area contributed by atoms with Crippen LogP contribution in [0.4, 0.5) is 0 Å². The molecule has 0 atom stereocenters. The predicted octanol–water partition coefficient (Wildman–Crippen LogP) is 3.77. The van der Waals surface area contributed by atoms with Gasteiger partial charge >= 0.3 is 0 Å². The Morgan fingerprint density at radius 2 is 2.06 bits per heavy atom. The second-order valence-electron chi connectivity index (χ2n) is 3.79. The summed E-state index contributed by atoms with van der Waals surface area (Å²) < 4.78 is 5.36. The van der Waals surface area contributed by atoms with E-state index in [-0.39, 0.29) is 0 Å². The molecule has 0 saturated carbocycles. The minimum absolute atomic E-state index is 0.828. The minimum atomic E-state index is 0.828. The topological polar surface area (TPSA) is 38.9 Å². The van der Waals surface area contributed by atoms with Crippen molar-refractivity contribution in [1.82, 2.24) is 10.1 Å². The first-order valence-corrected chi connectivity index (χ1v) is 6.13. The van der Waals surface area contributed by atoms with Gasteiger partial charge in [-0.15, -0.1) is 11.3 Å². The van der Waals surface area contributed by atoms with E-state index in [0.717, 1.165) is 21.8 Å². The van der Waals surface area contributed by atoms with E-state index in [0.29, 0.717) is 0 Å². The van der Waals surface area contributed by atoms with Crippen molar-refractivity contribution in [1.29, 1.82) is 0 Å². The van der Waals surface area contributed by atoms with Crippen LogP contribution in [0.5, 0.6) is 0 Å². The first-order valence-electron chi connectivity index (χ1n) is 5.25. The first kappa shape index (κ1) is 10.2. The van der Waals surface area contributed by atoms with Crippen LogP contribution >= 0.6 is 11.3 Å². The van der Waals surface area contributed by atoms with Crippen molar-refractivity contribution in [2.24, 2.45) is 0 Å². The first-order chi connectivity index (χ1) is 8.34. The molecule has 0 fully saturated rings. The quantitative estimate of drug-likeness (QED) is 0.686. The smallest absolute Gasteiger partial charge is 0.184 e. The summed E-state index contributed by atoms with van der Waals surface area (Å²) >= 11 is 1.67. The molecule has 3 rings (SSSR count). The fourth-order valence-electron chi connectivity index (χ4n) is 1.70. The molecule has 0 spiro atoms. The van der Waals surface area contributed by atoms with Gasteiger partial charge in [0.15, 0.2) is 5.76 Å². The Balaban J connectivity index is 2.12. The maximum Gasteiger partial charge on any atom is 0.184 e. The van der Waals surface area contributed by atoms with Gasteiger partial charge in [0.25, 0.3) is 0 Å². The fraction of sp³-hybridized carbons (Fsp3) is 0.0769. The molecule has 4 heteroatoms. The molecule has 0 radical (unpaired) electrons. The van der Waals surface area contributed by atoms with Gasteiger partial charge in [-0.25, -0.2) is 0 Å². The van der Waals surface area contributed by atoms with Crippen LogP contribution in [0.1, 0.15) is 5.56 Å². The van der Waals surface area contributed by atoms with E-state index in [1.54, 1.807) is 29.9 Å². The zero-order chi connectivity index (χ0) is 11.7. The Bertz CT molecular complexity index is 628. The van der Waals surface area contributed by atoms with Crippen LogP contribution in [0.25, 0.3) is 21.8 Å². The highest BCUT2D eigenvalue weighted by Crippen LogP contribution is 2.35. The molecule has 0 unspecified atom stereocenters. The standard InChI is InChI=1S/C13H10N2OS/c1-9-6-12(17-8-9)13-11(7-15-16-13)10-2-4-14-5-3-10/h2-8H,1H3. The number of rotatable bonds is 2. The van der Waals surface area contributed by atoms with Gasteiger partial charge in [0.1, 0.15) is 0 Å². The van der Waals surface area contributed by atoms with Crippen LogP contribution in [-0.2, 0) is 0 Å². The van der Waals surface area contributed by atoms with Gasteiger partial charge in [0.05, 0.1) is 16.6 Å². The number of aryl methyl sites for hydroxylation is 1. The predicted molar refractivity (Wildman–Crippen MR) is 67.8 cm³/mol. The molecule has 3 aromatic heterocycles. The molecular weight excluding hydrogens is 232 g/mol. The minimum Gasteiger partial charge on any atom is -0.355 e. The van der Waals surface area contributed by atoms with Crippen LogP contribution in [0.3, 0.4) is 0 Å². The van der Waals surface area contributed by atoms with Crippen LogP contribution in [0.2, 0.25) is 0 Å². The third-order valence-corrected chi connectivity index (χ3v) is 3.56. The van der Waals surface area contributed by atoms with E-state index in [4.69, 9.17) is 4.52 Å². The van der Waals surface area contributed by atoms with Gasteiger partial charge in [-0.3, -0.25) is 4.98 Å². The molecule has 0 aliphatic heterocycles. The van der Waals surface area contributed by atoms with Crippen molar-refractivity contribution in [2.75, 3.05) is 0 Å². The lowest BCUT2D eigenvalue weighted by atomic mass is 10.1. The zero-order valence-corrected chi connectivity index (χ0v) is 10.1. The van der Waals surface area contributed by atoms with E-state index in [1.165, 1.54) is 5.56 Å². The summed E-state index contributed by atoms with van der Waals surface area (Å²) in [7, 11) is 0. The normalized spacial score (nSPS) is 10.6. The number of hydrogen-bond donors (Lipinski definition) is 0. The average Bonchev–Trinajstić information content (AvgIpc) is 2.98. The molecule has 17 heavy (non-hydrogen) atoms. The van der Waals surface area contributed by atoms with Crippen LogP contribution in [0.15, 0.2) is 46.7 Å². The van der Waals surface area contributed by atoms with Crippen LogP contribution in [-0.4, -0.2) is 10.1 Å². The van der Waals surface area contributed by atoms with Gasteiger partial charge in [-0.2, -0.15) is 0 Å². The maximum atomic E-state index is 5.36. The van der Waals surface area contributed by atoms with Gasteiger partial charge in [-0.1, -0.05) is 5.16 Å². The van der Waals surface area contributed by atoms with Crippen molar-refractivity contribution >= 4 is 11.3 Å². The van der Waals surface area contributed by atoms with Crippen molar-refractivity contribution in [3.05, 3.63) is 47.7 Å². The van der Waals surface area contributed by atoms with Gasteiger partial charge in [-0.05, 0) is 41.6 Å². The summed E-state index contributed by atoms with van der Waals surface area (Å²) in [4.78, 5) is 5.12. The van der Waals surface area contributed by atoms with Crippen LogP contribution < -0.4 is 0 Å². The third-order valence-electron chi connectivity index (χ3n) is 2.52. The zero-order valence-electron chi connectivity index (χ0n) is 9.25. The second kappa shape index (κ2) is 4.14. The lowest BCUT2D eigenvalue weighted by Gasteiger charge is -1.98. The van der Waals surface area contributed by atoms with E-state index in [2.05, 4.69) is 28.5 Å². The van der Waals surface area contributed by atoms with E-state index < -0.39 is 0 Å². The maximum absolute atomic E-state index is 5.36. The number of pyridine rings is 1. The van der Waals surface area contributed by atoms with Crippen molar-refractivity contribution in [3.63, 3.8) is 0 Å². The second-order valence-corrected chi connectivity index (χ2v) is 4.70. The number of aromatic nitrogens is 2. The van der Waals surface area contributed by atoms with E-state index in [9.17, 15) is 0 Å². The molecule has 3 aromatic rings. The van der Waals surface area contributed by atoms with Crippen LogP contribution in [0, 0.1) is 6.92 Å². The lowest BCUT2D eigenvalue weighted by Crippen LogP contribution is -1.78. The molecule has 3 nitrogen and oxygen atoms in total. The van der Waals surface area contributed by atoms with E-state index in [1.807, 2.05) is 12.1 Å². The number of hydrogen-bond acceptors (Lipinski definition) is 4. The Morgan fingerprint density at radius 3 is 2.76 bits per heavy atom.